The van der Waals surface area contributed by atoms with Crippen LogP contribution in [0.25, 0.3) is 0 Å². The predicted octanol–water partition coefficient (Wildman–Crippen LogP) is 0.526. The number of hydrogen-bond acceptors (Lipinski definition) is 3. The molecule has 1 saturated heterocycles. The quantitative estimate of drug-likeness (QED) is 0.651. The Balaban J connectivity index is 2.11. The van der Waals surface area contributed by atoms with Gasteiger partial charge in [-0.3, -0.25) is 0 Å². The average Bonchev–Trinajstić information content (AvgIpc) is 2.06. The molecule has 2 N–H and O–H groups in total. The minimum absolute atomic E-state index is 0.266. The fraction of sp³-hybridized carbons (Fsp3) is 1.00. The van der Waals surface area contributed by atoms with Gasteiger partial charge in [-0.05, 0) is 26.2 Å². The fourth-order valence-corrected chi connectivity index (χ4v) is 1.55. The second kappa shape index (κ2) is 5.51. The van der Waals surface area contributed by atoms with E-state index in [0.29, 0.717) is 12.1 Å². The lowest BCUT2D eigenvalue weighted by atomic mass is 10.1. The zero-order valence-electron chi connectivity index (χ0n) is 7.75. The van der Waals surface area contributed by atoms with Gasteiger partial charge in [-0.25, -0.2) is 0 Å². The van der Waals surface area contributed by atoms with Crippen molar-refractivity contribution in [2.24, 2.45) is 0 Å². The van der Waals surface area contributed by atoms with E-state index in [1.807, 2.05) is 0 Å². The minimum Gasteiger partial charge on any atom is -0.396 e. The molecule has 1 rings (SSSR count). The molecule has 1 heterocycles. The lowest BCUT2D eigenvalue weighted by molar-refractivity contribution is 0.0658. The maximum Gasteiger partial charge on any atom is 0.0619 e. The van der Waals surface area contributed by atoms with Crippen LogP contribution in [-0.4, -0.2) is 37.0 Å². The third-order valence-electron chi connectivity index (χ3n) is 2.24. The summed E-state index contributed by atoms with van der Waals surface area (Å²) in [4.78, 5) is 0. The summed E-state index contributed by atoms with van der Waals surface area (Å²) in [5.74, 6) is 0. The van der Waals surface area contributed by atoms with Gasteiger partial charge in [-0.2, -0.15) is 0 Å². The van der Waals surface area contributed by atoms with Gasteiger partial charge >= 0.3 is 0 Å². The SMILES string of the molecule is C[C@H](CCO)NC1CCCOC1. The van der Waals surface area contributed by atoms with E-state index in [-0.39, 0.29) is 6.61 Å². The van der Waals surface area contributed by atoms with E-state index >= 15 is 0 Å². The Kier molecular flexibility index (Phi) is 4.58. The Morgan fingerprint density at radius 1 is 1.67 bits per heavy atom. The molecule has 1 unspecified atom stereocenters. The molecule has 72 valence electrons. The number of hydrogen-bond donors (Lipinski definition) is 2. The van der Waals surface area contributed by atoms with Gasteiger partial charge in [0.1, 0.15) is 0 Å². The normalized spacial score (nSPS) is 27.0. The van der Waals surface area contributed by atoms with E-state index in [4.69, 9.17) is 9.84 Å². The molecule has 0 aromatic heterocycles. The monoisotopic (exact) mass is 173 g/mol. The molecule has 0 saturated carbocycles. The Labute approximate surface area is 74.1 Å². The third kappa shape index (κ3) is 3.52. The molecule has 0 radical (unpaired) electrons. The van der Waals surface area contributed by atoms with E-state index in [9.17, 15) is 0 Å². The van der Waals surface area contributed by atoms with Crippen molar-refractivity contribution in [3.63, 3.8) is 0 Å². The maximum atomic E-state index is 8.69. The Morgan fingerprint density at radius 2 is 2.50 bits per heavy atom. The topological polar surface area (TPSA) is 41.5 Å². The molecule has 3 heteroatoms. The van der Waals surface area contributed by atoms with Gasteiger partial charge in [0.15, 0.2) is 0 Å². The largest absolute Gasteiger partial charge is 0.396 e. The molecular weight excluding hydrogens is 154 g/mol. The first kappa shape index (κ1) is 9.96. The van der Waals surface area contributed by atoms with Crippen LogP contribution in [0.3, 0.4) is 0 Å². The summed E-state index contributed by atoms with van der Waals surface area (Å²) >= 11 is 0. The zero-order valence-corrected chi connectivity index (χ0v) is 7.75. The smallest absolute Gasteiger partial charge is 0.0619 e. The van der Waals surface area contributed by atoms with Gasteiger partial charge in [0, 0.05) is 25.3 Å². The first-order valence-corrected chi connectivity index (χ1v) is 4.77. The van der Waals surface area contributed by atoms with E-state index in [2.05, 4.69) is 12.2 Å². The van der Waals surface area contributed by atoms with Gasteiger partial charge < -0.3 is 15.2 Å². The molecule has 0 spiro atoms. The van der Waals surface area contributed by atoms with Crippen molar-refractivity contribution in [3.05, 3.63) is 0 Å². The summed E-state index contributed by atoms with van der Waals surface area (Å²) in [5, 5.41) is 12.1. The number of aliphatic hydroxyl groups is 1. The highest BCUT2D eigenvalue weighted by Crippen LogP contribution is 2.07. The van der Waals surface area contributed by atoms with E-state index < -0.39 is 0 Å². The molecule has 12 heavy (non-hydrogen) atoms. The van der Waals surface area contributed by atoms with Crippen LogP contribution in [0.2, 0.25) is 0 Å². The van der Waals surface area contributed by atoms with Crippen LogP contribution in [0, 0.1) is 0 Å². The van der Waals surface area contributed by atoms with Crippen molar-refractivity contribution in [3.8, 4) is 0 Å². The number of nitrogens with one attached hydrogen (secondary N) is 1. The van der Waals surface area contributed by atoms with Crippen LogP contribution in [-0.2, 0) is 4.74 Å². The highest BCUT2D eigenvalue weighted by Gasteiger charge is 2.15. The first-order chi connectivity index (χ1) is 5.83. The Morgan fingerprint density at radius 3 is 3.08 bits per heavy atom. The Hall–Kier alpha value is -0.120. The van der Waals surface area contributed by atoms with Crippen molar-refractivity contribution in [1.29, 1.82) is 0 Å². The third-order valence-corrected chi connectivity index (χ3v) is 2.24. The van der Waals surface area contributed by atoms with Crippen molar-refractivity contribution >= 4 is 0 Å². The lowest BCUT2D eigenvalue weighted by Crippen LogP contribution is -2.42. The summed E-state index contributed by atoms with van der Waals surface area (Å²) in [6.07, 6.45) is 3.19. The van der Waals surface area contributed by atoms with Crippen LogP contribution in [0.5, 0.6) is 0 Å². The van der Waals surface area contributed by atoms with Crippen LogP contribution < -0.4 is 5.32 Å². The van der Waals surface area contributed by atoms with E-state index in [1.165, 1.54) is 6.42 Å². The zero-order chi connectivity index (χ0) is 8.81. The molecule has 0 amide bonds. The van der Waals surface area contributed by atoms with Gasteiger partial charge in [0.05, 0.1) is 6.61 Å². The standard InChI is InChI=1S/C9H19NO2/c1-8(4-5-11)10-9-3-2-6-12-7-9/h8-11H,2-7H2,1H3/t8-,9?/m1/s1. The van der Waals surface area contributed by atoms with Crippen LogP contribution in [0.15, 0.2) is 0 Å². The second-order valence-electron chi connectivity index (χ2n) is 3.49. The highest BCUT2D eigenvalue weighted by atomic mass is 16.5. The molecule has 1 aliphatic rings. The molecule has 0 bridgehead atoms. The van der Waals surface area contributed by atoms with Crippen LogP contribution >= 0.6 is 0 Å². The molecular formula is C9H19NO2. The molecule has 0 aromatic rings. The van der Waals surface area contributed by atoms with Crippen LogP contribution in [0.4, 0.5) is 0 Å². The summed E-state index contributed by atoms with van der Waals surface area (Å²) in [6, 6.07) is 0.905. The number of rotatable bonds is 4. The van der Waals surface area contributed by atoms with Crippen molar-refractivity contribution in [2.75, 3.05) is 19.8 Å². The first-order valence-electron chi connectivity index (χ1n) is 4.77. The van der Waals surface area contributed by atoms with Gasteiger partial charge in [-0.1, -0.05) is 0 Å². The minimum atomic E-state index is 0.266. The van der Waals surface area contributed by atoms with E-state index in [1.54, 1.807) is 0 Å². The molecule has 2 atom stereocenters. The second-order valence-corrected chi connectivity index (χ2v) is 3.49. The van der Waals surface area contributed by atoms with Gasteiger partial charge in [0.25, 0.3) is 0 Å². The molecule has 3 nitrogen and oxygen atoms in total. The number of aliphatic hydroxyl groups excluding tert-OH is 1. The Bertz CT molecular complexity index is 113. The van der Waals surface area contributed by atoms with Gasteiger partial charge in [0.2, 0.25) is 0 Å². The van der Waals surface area contributed by atoms with Crippen molar-refractivity contribution < 1.29 is 9.84 Å². The summed E-state index contributed by atoms with van der Waals surface area (Å²) in [5.41, 5.74) is 0. The predicted molar refractivity (Wildman–Crippen MR) is 48.1 cm³/mol. The fourth-order valence-electron chi connectivity index (χ4n) is 1.55. The van der Waals surface area contributed by atoms with Crippen molar-refractivity contribution in [2.45, 2.75) is 38.3 Å². The van der Waals surface area contributed by atoms with Gasteiger partial charge in [-0.15, -0.1) is 0 Å². The molecule has 1 fully saturated rings. The average molecular weight is 173 g/mol. The summed E-state index contributed by atoms with van der Waals surface area (Å²) in [6.45, 7) is 4.11. The van der Waals surface area contributed by atoms with E-state index in [0.717, 1.165) is 26.1 Å². The summed E-state index contributed by atoms with van der Waals surface area (Å²) < 4.78 is 5.34. The van der Waals surface area contributed by atoms with Crippen molar-refractivity contribution in [1.82, 2.24) is 5.32 Å². The number of ether oxygens (including phenoxy) is 1. The molecule has 0 aliphatic carbocycles. The van der Waals surface area contributed by atoms with Crippen LogP contribution in [0.1, 0.15) is 26.2 Å². The molecule has 0 aromatic carbocycles. The maximum absolute atomic E-state index is 8.69. The summed E-state index contributed by atoms with van der Waals surface area (Å²) in [7, 11) is 0. The lowest BCUT2D eigenvalue weighted by Gasteiger charge is -2.26. The highest BCUT2D eigenvalue weighted by molar-refractivity contribution is 4.73. The molecule has 1 aliphatic heterocycles.